The standard InChI is InChI=1S/C11H9ClFN5O/c12-6-2-1-3-7(10(6)13)17-11(19)8-4-15-5-9(16-8)18-14/h1-5H,14H2,(H,16,18)(H,17,19). The number of hydrazine groups is 1. The van der Waals surface area contributed by atoms with Crippen molar-refractivity contribution in [1.29, 1.82) is 0 Å². The summed E-state index contributed by atoms with van der Waals surface area (Å²) < 4.78 is 13.6. The summed E-state index contributed by atoms with van der Waals surface area (Å²) in [4.78, 5) is 19.5. The average molecular weight is 282 g/mol. The van der Waals surface area contributed by atoms with E-state index in [1.54, 1.807) is 0 Å². The van der Waals surface area contributed by atoms with Crippen LogP contribution in [0.15, 0.2) is 30.6 Å². The number of carbonyl (C=O) groups is 1. The van der Waals surface area contributed by atoms with Crippen molar-refractivity contribution in [3.05, 3.63) is 47.1 Å². The van der Waals surface area contributed by atoms with Crippen LogP contribution in [0.2, 0.25) is 5.02 Å². The molecule has 0 aliphatic rings. The van der Waals surface area contributed by atoms with Crippen LogP contribution in [-0.4, -0.2) is 15.9 Å². The Labute approximate surface area is 112 Å². The highest BCUT2D eigenvalue weighted by molar-refractivity contribution is 6.31. The number of hydrogen-bond donors (Lipinski definition) is 3. The average Bonchev–Trinajstić information content (AvgIpc) is 2.44. The molecule has 0 saturated carbocycles. The van der Waals surface area contributed by atoms with E-state index in [-0.39, 0.29) is 22.2 Å². The van der Waals surface area contributed by atoms with E-state index in [0.717, 1.165) is 0 Å². The highest BCUT2D eigenvalue weighted by Gasteiger charge is 2.13. The van der Waals surface area contributed by atoms with Crippen molar-refractivity contribution in [2.45, 2.75) is 0 Å². The van der Waals surface area contributed by atoms with Crippen LogP contribution < -0.4 is 16.6 Å². The minimum absolute atomic E-state index is 0.00479. The molecule has 6 nitrogen and oxygen atoms in total. The SMILES string of the molecule is NNc1cncc(C(=O)Nc2cccc(Cl)c2F)n1. The van der Waals surface area contributed by atoms with Crippen LogP contribution in [0, 0.1) is 5.82 Å². The number of nitrogens with zero attached hydrogens (tertiary/aromatic N) is 2. The number of carbonyl (C=O) groups excluding carboxylic acids is 1. The molecule has 0 spiro atoms. The number of aromatic nitrogens is 2. The van der Waals surface area contributed by atoms with Gasteiger partial charge in [0.05, 0.1) is 23.1 Å². The Bertz CT molecular complexity index is 622. The van der Waals surface area contributed by atoms with E-state index in [9.17, 15) is 9.18 Å². The van der Waals surface area contributed by atoms with Gasteiger partial charge in [-0.2, -0.15) is 0 Å². The Hall–Kier alpha value is -2.25. The number of nitrogens with one attached hydrogen (secondary N) is 2. The molecule has 0 unspecified atom stereocenters. The van der Waals surface area contributed by atoms with Crippen molar-refractivity contribution in [3.8, 4) is 0 Å². The van der Waals surface area contributed by atoms with Crippen molar-refractivity contribution < 1.29 is 9.18 Å². The summed E-state index contributed by atoms with van der Waals surface area (Å²) in [7, 11) is 0. The highest BCUT2D eigenvalue weighted by atomic mass is 35.5. The van der Waals surface area contributed by atoms with Gasteiger partial charge in [-0.15, -0.1) is 0 Å². The molecule has 0 fully saturated rings. The maximum absolute atomic E-state index is 13.6. The van der Waals surface area contributed by atoms with Crippen LogP contribution in [0.3, 0.4) is 0 Å². The number of nitrogen functional groups attached to an aromatic ring is 1. The Kier molecular flexibility index (Phi) is 3.88. The molecule has 2 aromatic rings. The number of hydrogen-bond acceptors (Lipinski definition) is 5. The van der Waals surface area contributed by atoms with Gasteiger partial charge >= 0.3 is 0 Å². The van der Waals surface area contributed by atoms with E-state index >= 15 is 0 Å². The van der Waals surface area contributed by atoms with Crippen LogP contribution in [0.1, 0.15) is 10.5 Å². The first-order valence-corrected chi connectivity index (χ1v) is 5.53. The highest BCUT2D eigenvalue weighted by Crippen LogP contribution is 2.22. The molecule has 19 heavy (non-hydrogen) atoms. The Morgan fingerprint density at radius 1 is 1.37 bits per heavy atom. The quantitative estimate of drug-likeness (QED) is 0.589. The largest absolute Gasteiger partial charge is 0.318 e. The van der Waals surface area contributed by atoms with Crippen LogP contribution in [0.4, 0.5) is 15.9 Å². The Morgan fingerprint density at radius 3 is 2.89 bits per heavy atom. The molecule has 0 saturated heterocycles. The zero-order valence-electron chi connectivity index (χ0n) is 9.52. The predicted octanol–water partition coefficient (Wildman–Crippen LogP) is 1.81. The molecule has 1 aromatic heterocycles. The molecule has 1 heterocycles. The summed E-state index contributed by atoms with van der Waals surface area (Å²) in [6, 6.07) is 4.29. The molecule has 0 aliphatic heterocycles. The second kappa shape index (κ2) is 5.59. The van der Waals surface area contributed by atoms with E-state index in [4.69, 9.17) is 17.4 Å². The van der Waals surface area contributed by atoms with Crippen LogP contribution in [-0.2, 0) is 0 Å². The summed E-state index contributed by atoms with van der Waals surface area (Å²) in [6.07, 6.45) is 2.58. The molecule has 0 atom stereocenters. The zero-order valence-corrected chi connectivity index (χ0v) is 10.3. The Balaban J connectivity index is 2.23. The number of rotatable bonds is 3. The minimum Gasteiger partial charge on any atom is -0.318 e. The molecule has 98 valence electrons. The van der Waals surface area contributed by atoms with Crippen LogP contribution in [0.5, 0.6) is 0 Å². The second-order valence-corrected chi connectivity index (χ2v) is 3.90. The van der Waals surface area contributed by atoms with Gasteiger partial charge in [0.1, 0.15) is 5.69 Å². The van der Waals surface area contributed by atoms with E-state index in [1.807, 2.05) is 0 Å². The fraction of sp³-hybridized carbons (Fsp3) is 0. The molecule has 0 aliphatic carbocycles. The van der Waals surface area contributed by atoms with E-state index in [0.29, 0.717) is 0 Å². The minimum atomic E-state index is -0.710. The van der Waals surface area contributed by atoms with E-state index < -0.39 is 11.7 Å². The van der Waals surface area contributed by atoms with Crippen LogP contribution in [0.25, 0.3) is 0 Å². The van der Waals surface area contributed by atoms with Gasteiger partial charge in [-0.3, -0.25) is 9.78 Å². The predicted molar refractivity (Wildman–Crippen MR) is 69.2 cm³/mol. The summed E-state index contributed by atoms with van der Waals surface area (Å²) in [5.41, 5.74) is 2.22. The Morgan fingerprint density at radius 2 is 2.16 bits per heavy atom. The van der Waals surface area contributed by atoms with Gasteiger partial charge in [0.15, 0.2) is 11.6 Å². The van der Waals surface area contributed by atoms with Gasteiger partial charge in [0, 0.05) is 0 Å². The fourth-order valence-electron chi connectivity index (χ4n) is 1.33. The van der Waals surface area contributed by atoms with Gasteiger partial charge < -0.3 is 10.7 Å². The van der Waals surface area contributed by atoms with Gasteiger partial charge in [0.25, 0.3) is 5.91 Å². The summed E-state index contributed by atoms with van der Waals surface area (Å²) in [5.74, 6) is 4.05. The first-order chi connectivity index (χ1) is 9.11. The van der Waals surface area contributed by atoms with Gasteiger partial charge in [-0.05, 0) is 12.1 Å². The third-order valence-electron chi connectivity index (χ3n) is 2.21. The third kappa shape index (κ3) is 2.95. The van der Waals surface area contributed by atoms with E-state index in [1.165, 1.54) is 30.6 Å². The summed E-state index contributed by atoms with van der Waals surface area (Å²) in [6.45, 7) is 0. The molecule has 1 amide bonds. The summed E-state index contributed by atoms with van der Waals surface area (Å²) in [5, 5.41) is 2.27. The maximum Gasteiger partial charge on any atom is 0.276 e. The monoisotopic (exact) mass is 281 g/mol. The number of halogens is 2. The lowest BCUT2D eigenvalue weighted by molar-refractivity contribution is 0.102. The lowest BCUT2D eigenvalue weighted by atomic mass is 10.3. The first-order valence-electron chi connectivity index (χ1n) is 5.16. The fourth-order valence-corrected chi connectivity index (χ4v) is 1.51. The van der Waals surface area contributed by atoms with Crippen molar-refractivity contribution in [2.75, 3.05) is 10.7 Å². The molecule has 4 N–H and O–H groups in total. The van der Waals surface area contributed by atoms with Crippen molar-refractivity contribution in [3.63, 3.8) is 0 Å². The maximum atomic E-state index is 13.6. The molecule has 0 radical (unpaired) electrons. The van der Waals surface area contributed by atoms with Gasteiger partial charge in [0.2, 0.25) is 0 Å². The second-order valence-electron chi connectivity index (χ2n) is 3.49. The lowest BCUT2D eigenvalue weighted by Crippen LogP contribution is -2.17. The number of anilines is 2. The lowest BCUT2D eigenvalue weighted by Gasteiger charge is -2.07. The van der Waals surface area contributed by atoms with Crippen molar-refractivity contribution in [1.82, 2.24) is 9.97 Å². The van der Waals surface area contributed by atoms with Crippen LogP contribution >= 0.6 is 11.6 Å². The molecule has 2 rings (SSSR count). The molecule has 0 bridgehead atoms. The van der Waals surface area contributed by atoms with Crippen molar-refractivity contribution in [2.24, 2.45) is 5.84 Å². The van der Waals surface area contributed by atoms with Gasteiger partial charge in [-0.25, -0.2) is 15.2 Å². The van der Waals surface area contributed by atoms with E-state index in [2.05, 4.69) is 20.7 Å². The molecular formula is C11H9ClFN5O. The first kappa shape index (κ1) is 13.2. The third-order valence-corrected chi connectivity index (χ3v) is 2.51. The summed E-state index contributed by atoms with van der Waals surface area (Å²) >= 11 is 5.61. The van der Waals surface area contributed by atoms with Crippen molar-refractivity contribution >= 4 is 29.0 Å². The molecule has 1 aromatic carbocycles. The zero-order chi connectivity index (χ0) is 13.8. The number of amides is 1. The molecular weight excluding hydrogens is 273 g/mol. The number of benzene rings is 1. The molecule has 8 heteroatoms. The smallest absolute Gasteiger partial charge is 0.276 e. The number of nitrogens with two attached hydrogens (primary N) is 1. The topological polar surface area (TPSA) is 92.9 Å². The normalized spacial score (nSPS) is 10.1. The van der Waals surface area contributed by atoms with Gasteiger partial charge in [-0.1, -0.05) is 17.7 Å².